The van der Waals surface area contributed by atoms with Crippen LogP contribution in [0.5, 0.6) is 5.75 Å². The van der Waals surface area contributed by atoms with Crippen LogP contribution in [0.1, 0.15) is 11.7 Å². The van der Waals surface area contributed by atoms with Gasteiger partial charge in [0.1, 0.15) is 11.9 Å². The molecule has 1 saturated heterocycles. The van der Waals surface area contributed by atoms with Crippen LogP contribution in [0.3, 0.4) is 0 Å². The maximum Gasteiger partial charge on any atom is 0.322 e. The zero-order valence-corrected chi connectivity index (χ0v) is 13.6. The minimum atomic E-state index is -0.238. The highest BCUT2D eigenvalue weighted by Gasteiger charge is 2.25. The van der Waals surface area contributed by atoms with Gasteiger partial charge < -0.3 is 25.0 Å². The molecule has 128 valence electrons. The number of nitrogens with one attached hydrogen (secondary N) is 2. The zero-order chi connectivity index (χ0) is 17.2. The number of nitrogens with zero attached hydrogens (tertiary/aromatic N) is 1. The molecule has 3 aromatic rings. The molecule has 1 aliphatic rings. The first-order valence-corrected chi connectivity index (χ1v) is 8.23. The van der Waals surface area contributed by atoms with E-state index >= 15 is 0 Å². The number of H-pyrrole nitrogens is 1. The molecule has 2 aromatic carbocycles. The average Bonchev–Trinajstić information content (AvgIpc) is 3.09. The second-order valence-electron chi connectivity index (χ2n) is 6.11. The molecule has 1 aliphatic heterocycles. The van der Waals surface area contributed by atoms with E-state index in [9.17, 15) is 9.90 Å². The van der Waals surface area contributed by atoms with Crippen LogP contribution >= 0.6 is 0 Å². The molecule has 0 bridgehead atoms. The number of fused-ring (bicyclic) bond motifs is 1. The fraction of sp³-hybridized carbons (Fsp3) is 0.211. The molecule has 1 atom stereocenters. The summed E-state index contributed by atoms with van der Waals surface area (Å²) in [5, 5.41) is 13.7. The van der Waals surface area contributed by atoms with Gasteiger partial charge in [-0.3, -0.25) is 0 Å². The lowest BCUT2D eigenvalue weighted by Gasteiger charge is -2.33. The number of urea groups is 1. The van der Waals surface area contributed by atoms with Gasteiger partial charge in [-0.25, -0.2) is 4.79 Å². The van der Waals surface area contributed by atoms with Crippen LogP contribution in [0, 0.1) is 0 Å². The van der Waals surface area contributed by atoms with E-state index in [0.717, 1.165) is 22.2 Å². The lowest BCUT2D eigenvalue weighted by atomic mass is 10.1. The lowest BCUT2D eigenvalue weighted by Crippen LogP contribution is -2.44. The molecule has 2 heterocycles. The summed E-state index contributed by atoms with van der Waals surface area (Å²) in [5.41, 5.74) is 2.60. The van der Waals surface area contributed by atoms with Gasteiger partial charge in [-0.2, -0.15) is 0 Å². The molecule has 4 rings (SSSR count). The minimum absolute atomic E-state index is 0.153. The smallest absolute Gasteiger partial charge is 0.322 e. The number of amides is 2. The number of phenols is 1. The van der Waals surface area contributed by atoms with Crippen molar-refractivity contribution in [3.63, 3.8) is 0 Å². The quantitative estimate of drug-likeness (QED) is 0.670. The minimum Gasteiger partial charge on any atom is -0.508 e. The van der Waals surface area contributed by atoms with E-state index in [4.69, 9.17) is 4.74 Å². The highest BCUT2D eigenvalue weighted by atomic mass is 16.5. The van der Waals surface area contributed by atoms with Crippen LogP contribution in [0.15, 0.2) is 54.7 Å². The summed E-state index contributed by atoms with van der Waals surface area (Å²) in [6.45, 7) is 1.44. The first kappa shape index (κ1) is 15.5. The molecule has 1 aromatic heterocycles. The van der Waals surface area contributed by atoms with Crippen molar-refractivity contribution in [2.24, 2.45) is 0 Å². The van der Waals surface area contributed by atoms with Gasteiger partial charge in [0.25, 0.3) is 0 Å². The van der Waals surface area contributed by atoms with E-state index in [-0.39, 0.29) is 17.9 Å². The van der Waals surface area contributed by atoms with E-state index in [1.807, 2.05) is 36.5 Å². The number of ether oxygens (including phenoxy) is 1. The number of aromatic nitrogens is 1. The number of hydrogen-bond acceptors (Lipinski definition) is 3. The number of carbonyl (C=O) groups excluding carboxylic acids is 1. The second kappa shape index (κ2) is 6.49. The van der Waals surface area contributed by atoms with Crippen molar-refractivity contribution in [2.45, 2.75) is 6.10 Å². The number of benzene rings is 2. The second-order valence-corrected chi connectivity index (χ2v) is 6.11. The van der Waals surface area contributed by atoms with E-state index in [1.54, 1.807) is 23.1 Å². The van der Waals surface area contributed by atoms with Gasteiger partial charge in [0, 0.05) is 23.9 Å². The van der Waals surface area contributed by atoms with E-state index in [1.165, 1.54) is 0 Å². The molecule has 0 radical (unpaired) electrons. The molecule has 2 amide bonds. The van der Waals surface area contributed by atoms with Crippen LogP contribution < -0.4 is 5.32 Å². The monoisotopic (exact) mass is 337 g/mol. The first-order valence-electron chi connectivity index (χ1n) is 8.23. The van der Waals surface area contributed by atoms with Gasteiger partial charge in [0.05, 0.1) is 13.2 Å². The average molecular weight is 337 g/mol. The van der Waals surface area contributed by atoms with Crippen molar-refractivity contribution in [1.82, 2.24) is 9.88 Å². The number of aromatic amines is 1. The SMILES string of the molecule is O=C(Nc1ccc2cc[nH]c2c1)N1CCOC(c2cccc(O)c2)C1. The number of carbonyl (C=O) groups is 1. The Morgan fingerprint density at radius 2 is 2.16 bits per heavy atom. The number of phenolic OH excluding ortho intramolecular Hbond substituents is 1. The molecule has 0 aliphatic carbocycles. The summed E-state index contributed by atoms with van der Waals surface area (Å²) in [7, 11) is 0. The molecule has 0 spiro atoms. The normalized spacial score (nSPS) is 17.6. The zero-order valence-electron chi connectivity index (χ0n) is 13.6. The van der Waals surface area contributed by atoms with Crippen LogP contribution in [-0.2, 0) is 4.74 Å². The van der Waals surface area contributed by atoms with Gasteiger partial charge >= 0.3 is 6.03 Å². The lowest BCUT2D eigenvalue weighted by molar-refractivity contribution is -0.0135. The predicted octanol–water partition coefficient (Wildman–Crippen LogP) is 3.48. The van der Waals surface area contributed by atoms with E-state index in [2.05, 4.69) is 10.3 Å². The molecule has 1 fully saturated rings. The highest BCUT2D eigenvalue weighted by Crippen LogP contribution is 2.25. The summed E-state index contributed by atoms with van der Waals surface area (Å²) < 4.78 is 5.76. The molecule has 0 saturated carbocycles. The molecular formula is C19H19N3O3. The van der Waals surface area contributed by atoms with Gasteiger partial charge in [-0.15, -0.1) is 0 Å². The third-order valence-electron chi connectivity index (χ3n) is 4.40. The fourth-order valence-corrected chi connectivity index (χ4v) is 3.09. The summed E-state index contributed by atoms with van der Waals surface area (Å²) in [6, 6.07) is 14.6. The molecule has 1 unspecified atom stereocenters. The predicted molar refractivity (Wildman–Crippen MR) is 95.7 cm³/mol. The number of rotatable bonds is 2. The number of morpholine rings is 1. The van der Waals surface area contributed by atoms with E-state index < -0.39 is 0 Å². The van der Waals surface area contributed by atoms with Gasteiger partial charge in [0.2, 0.25) is 0 Å². The van der Waals surface area contributed by atoms with Crippen LogP contribution in [-0.4, -0.2) is 40.7 Å². The van der Waals surface area contributed by atoms with Crippen molar-refractivity contribution in [1.29, 1.82) is 0 Å². The van der Waals surface area contributed by atoms with Crippen LogP contribution in [0.4, 0.5) is 10.5 Å². The Balaban J connectivity index is 1.46. The summed E-state index contributed by atoms with van der Waals surface area (Å²) in [6.07, 6.45) is 1.63. The number of aromatic hydroxyl groups is 1. The van der Waals surface area contributed by atoms with Gasteiger partial charge in [0.15, 0.2) is 0 Å². The third kappa shape index (κ3) is 3.29. The molecule has 3 N–H and O–H groups in total. The summed E-state index contributed by atoms with van der Waals surface area (Å²) in [5.74, 6) is 0.196. The van der Waals surface area contributed by atoms with Crippen molar-refractivity contribution in [2.75, 3.05) is 25.0 Å². The van der Waals surface area contributed by atoms with Gasteiger partial charge in [-0.05, 0) is 41.3 Å². The Kier molecular flexibility index (Phi) is 4.03. The Morgan fingerprint density at radius 1 is 1.24 bits per heavy atom. The van der Waals surface area contributed by atoms with Crippen molar-refractivity contribution in [3.05, 3.63) is 60.3 Å². The number of hydrogen-bond donors (Lipinski definition) is 3. The Bertz CT molecular complexity index is 906. The summed E-state index contributed by atoms with van der Waals surface area (Å²) >= 11 is 0. The maximum absolute atomic E-state index is 12.6. The van der Waals surface area contributed by atoms with Crippen molar-refractivity contribution >= 4 is 22.6 Å². The van der Waals surface area contributed by atoms with Crippen LogP contribution in [0.2, 0.25) is 0 Å². The van der Waals surface area contributed by atoms with Crippen molar-refractivity contribution < 1.29 is 14.6 Å². The van der Waals surface area contributed by atoms with E-state index in [0.29, 0.717) is 19.7 Å². The molecular weight excluding hydrogens is 318 g/mol. The number of anilines is 1. The fourth-order valence-electron chi connectivity index (χ4n) is 3.09. The first-order chi connectivity index (χ1) is 12.2. The van der Waals surface area contributed by atoms with Gasteiger partial charge in [-0.1, -0.05) is 18.2 Å². The standard InChI is InChI=1S/C19H19N3O3/c23-16-3-1-2-14(10-16)18-12-22(8-9-25-18)19(24)21-15-5-4-13-6-7-20-17(13)11-15/h1-7,10-11,18,20,23H,8-9,12H2,(H,21,24). The van der Waals surface area contributed by atoms with Crippen LogP contribution in [0.25, 0.3) is 10.9 Å². The third-order valence-corrected chi connectivity index (χ3v) is 4.40. The summed E-state index contributed by atoms with van der Waals surface area (Å²) in [4.78, 5) is 17.5. The Hall–Kier alpha value is -2.99. The maximum atomic E-state index is 12.6. The Labute approximate surface area is 145 Å². The molecule has 25 heavy (non-hydrogen) atoms. The highest BCUT2D eigenvalue weighted by molar-refractivity contribution is 5.92. The topological polar surface area (TPSA) is 77.6 Å². The van der Waals surface area contributed by atoms with Crippen molar-refractivity contribution in [3.8, 4) is 5.75 Å². The molecule has 6 heteroatoms. The largest absolute Gasteiger partial charge is 0.508 e. The Morgan fingerprint density at radius 3 is 3.04 bits per heavy atom. The molecule has 6 nitrogen and oxygen atoms in total.